The van der Waals surface area contributed by atoms with Crippen LogP contribution in [0.5, 0.6) is 0 Å². The van der Waals surface area contributed by atoms with Gasteiger partial charge in [0.2, 0.25) is 11.8 Å². The number of benzene rings is 1. The van der Waals surface area contributed by atoms with Crippen LogP contribution >= 0.6 is 11.8 Å². The number of unbranched alkanes of at least 4 members (excludes halogenated alkanes) is 1. The van der Waals surface area contributed by atoms with Gasteiger partial charge in [0.25, 0.3) is 0 Å². The Bertz CT molecular complexity index is 1160. The van der Waals surface area contributed by atoms with Gasteiger partial charge in [0.05, 0.1) is 28.7 Å². The van der Waals surface area contributed by atoms with E-state index in [0.717, 1.165) is 17.5 Å². The molecule has 5 rings (SSSR count). The maximum Gasteiger partial charge on any atom is 0.311 e. The third-order valence-electron chi connectivity index (χ3n) is 7.70. The molecule has 3 fully saturated rings. The van der Waals surface area contributed by atoms with Crippen LogP contribution in [-0.4, -0.2) is 78.1 Å². The molecule has 0 radical (unpaired) electrons. The predicted molar refractivity (Wildman–Crippen MR) is 129 cm³/mol. The number of esters is 1. The highest BCUT2D eigenvalue weighted by Crippen LogP contribution is 2.71. The minimum Gasteiger partial charge on any atom is -0.466 e. The van der Waals surface area contributed by atoms with Gasteiger partial charge in [-0.25, -0.2) is 4.68 Å². The van der Waals surface area contributed by atoms with Crippen LogP contribution in [0.15, 0.2) is 24.3 Å². The lowest BCUT2D eigenvalue weighted by Gasteiger charge is -2.34. The smallest absolute Gasteiger partial charge is 0.311 e. The Kier molecular flexibility index (Phi) is 6.25. The molecule has 3 aliphatic heterocycles. The van der Waals surface area contributed by atoms with E-state index in [9.17, 15) is 19.5 Å². The molecule has 2 N–H and O–H groups in total. The van der Waals surface area contributed by atoms with Gasteiger partial charge in [0.1, 0.15) is 18.2 Å². The lowest BCUT2D eigenvalue weighted by Crippen LogP contribution is -2.53. The second kappa shape index (κ2) is 9.09. The van der Waals surface area contributed by atoms with E-state index in [-0.39, 0.29) is 37.7 Å². The van der Waals surface area contributed by atoms with Gasteiger partial charge in [-0.15, -0.1) is 16.9 Å². The normalized spacial score (nSPS) is 31.2. The Balaban J connectivity index is 1.44. The van der Waals surface area contributed by atoms with Crippen molar-refractivity contribution in [3.8, 4) is 0 Å². The van der Waals surface area contributed by atoms with Crippen molar-refractivity contribution < 1.29 is 24.2 Å². The van der Waals surface area contributed by atoms with Gasteiger partial charge < -0.3 is 20.1 Å². The molecule has 0 aliphatic carbocycles. The molecule has 5 atom stereocenters. The zero-order valence-corrected chi connectivity index (χ0v) is 20.8. The van der Waals surface area contributed by atoms with Gasteiger partial charge in [-0.2, -0.15) is 0 Å². The Morgan fingerprint density at radius 2 is 2.09 bits per heavy atom. The maximum atomic E-state index is 13.8. The lowest BCUT2D eigenvalue weighted by atomic mass is 9.66. The topological polar surface area (TPSA) is 127 Å². The molecular formula is C24H31N5O5S. The summed E-state index contributed by atoms with van der Waals surface area (Å²) in [6.45, 7) is 4.53. The highest BCUT2D eigenvalue weighted by molar-refractivity contribution is 8.02. The molecule has 0 saturated carbocycles. The van der Waals surface area contributed by atoms with E-state index in [1.54, 1.807) is 28.3 Å². The number of aromatic nitrogens is 3. The minimum absolute atomic E-state index is 0.0190. The third-order valence-corrected chi connectivity index (χ3v) is 9.68. The molecule has 2 aromatic rings. The number of likely N-dealkylation sites (tertiary alicyclic amines) is 1. The number of ether oxygens (including phenoxy) is 1. The maximum absolute atomic E-state index is 13.8. The van der Waals surface area contributed by atoms with Crippen LogP contribution in [-0.2, 0) is 25.8 Å². The number of carbonyl (C=O) groups excluding carboxylic acids is 3. The molecule has 2 unspecified atom stereocenters. The summed E-state index contributed by atoms with van der Waals surface area (Å²) in [5.74, 6) is -1.95. The standard InChI is InChI=1S/C24H31N5O5S/c1-3-34-22(33)18-17-21(32)28(12-6-7-13-30)19(24(17)11-10-23(18,2)35-24)20(31)25-14-29-16-9-5-4-8-15(16)26-27-29/h4-5,8-9,17-19,30H,3,6-7,10-14H2,1-2H3,(H,25,31)/t17-,18-,19?,23+,24?/m0/s1. The van der Waals surface area contributed by atoms with Crippen LogP contribution in [0, 0.1) is 11.8 Å². The second-order valence-corrected chi connectivity index (χ2v) is 11.6. The number of nitrogens with one attached hydrogen (secondary N) is 1. The van der Waals surface area contributed by atoms with Crippen LogP contribution in [0.4, 0.5) is 0 Å². The molecule has 11 heteroatoms. The number of hydrogen-bond acceptors (Lipinski definition) is 8. The van der Waals surface area contributed by atoms with Crippen molar-refractivity contribution in [3.05, 3.63) is 24.3 Å². The summed E-state index contributed by atoms with van der Waals surface area (Å²) in [5.41, 5.74) is 1.54. The first-order valence-corrected chi connectivity index (χ1v) is 13.0. The van der Waals surface area contributed by atoms with Crippen molar-refractivity contribution in [1.82, 2.24) is 25.2 Å². The number of hydrogen-bond donors (Lipinski definition) is 2. The zero-order chi connectivity index (χ0) is 24.8. The van der Waals surface area contributed by atoms with Gasteiger partial charge in [0.15, 0.2) is 0 Å². The fourth-order valence-corrected chi connectivity index (χ4v) is 8.58. The van der Waals surface area contributed by atoms with Gasteiger partial charge >= 0.3 is 5.97 Å². The fourth-order valence-electron chi connectivity index (χ4n) is 6.23. The van der Waals surface area contributed by atoms with E-state index in [0.29, 0.717) is 25.8 Å². The number of rotatable bonds is 9. The number of para-hydroxylation sites is 1. The molecule has 4 heterocycles. The van der Waals surface area contributed by atoms with Crippen molar-refractivity contribution in [2.24, 2.45) is 11.8 Å². The van der Waals surface area contributed by atoms with E-state index in [4.69, 9.17) is 4.74 Å². The first-order chi connectivity index (χ1) is 16.9. The number of thioether (sulfide) groups is 1. The summed E-state index contributed by atoms with van der Waals surface area (Å²) in [6, 6.07) is 6.79. The first kappa shape index (κ1) is 24.1. The first-order valence-electron chi connectivity index (χ1n) is 12.2. The molecule has 188 valence electrons. The molecule has 2 bridgehead atoms. The van der Waals surface area contributed by atoms with Crippen molar-refractivity contribution in [2.45, 2.75) is 61.7 Å². The predicted octanol–water partition coefficient (Wildman–Crippen LogP) is 1.32. The Morgan fingerprint density at radius 1 is 1.29 bits per heavy atom. The van der Waals surface area contributed by atoms with Gasteiger partial charge in [0, 0.05) is 17.9 Å². The summed E-state index contributed by atoms with van der Waals surface area (Å²) >= 11 is 1.61. The molecule has 1 spiro atoms. The third kappa shape index (κ3) is 3.70. The van der Waals surface area contributed by atoms with Gasteiger partial charge in [-0.05, 0) is 51.7 Å². The zero-order valence-electron chi connectivity index (χ0n) is 20.0. The number of nitrogens with zero attached hydrogens (tertiary/aromatic N) is 4. The van der Waals surface area contributed by atoms with Gasteiger partial charge in [-0.1, -0.05) is 17.3 Å². The van der Waals surface area contributed by atoms with Crippen LogP contribution < -0.4 is 5.32 Å². The van der Waals surface area contributed by atoms with Crippen LogP contribution in [0.25, 0.3) is 11.0 Å². The molecular weight excluding hydrogens is 470 g/mol. The van der Waals surface area contributed by atoms with Crippen molar-refractivity contribution in [2.75, 3.05) is 19.8 Å². The van der Waals surface area contributed by atoms with E-state index in [2.05, 4.69) is 15.6 Å². The summed E-state index contributed by atoms with van der Waals surface area (Å²) < 4.78 is 5.89. The second-order valence-electron chi connectivity index (χ2n) is 9.72. The monoisotopic (exact) mass is 501 g/mol. The Morgan fingerprint density at radius 3 is 2.86 bits per heavy atom. The Labute approximate surface area is 207 Å². The van der Waals surface area contributed by atoms with Crippen LogP contribution in [0.3, 0.4) is 0 Å². The van der Waals surface area contributed by atoms with Crippen molar-refractivity contribution in [3.63, 3.8) is 0 Å². The number of fused-ring (bicyclic) bond motifs is 2. The SMILES string of the molecule is CCOC(=O)[C@@H]1[C@H]2C(=O)N(CCCCO)C(C(=O)NCn3nnc4ccccc43)C23CC[C@@]1(C)S3. The van der Waals surface area contributed by atoms with E-state index < -0.39 is 27.4 Å². The van der Waals surface area contributed by atoms with Crippen molar-refractivity contribution in [1.29, 1.82) is 0 Å². The average Bonchev–Trinajstić information content (AvgIpc) is 3.54. The molecule has 35 heavy (non-hydrogen) atoms. The highest BCUT2D eigenvalue weighted by Gasteiger charge is 2.77. The summed E-state index contributed by atoms with van der Waals surface area (Å²) in [6.07, 6.45) is 2.54. The quantitative estimate of drug-likeness (QED) is 0.389. The molecule has 2 amide bonds. The van der Waals surface area contributed by atoms with Gasteiger partial charge in [-0.3, -0.25) is 14.4 Å². The largest absolute Gasteiger partial charge is 0.466 e. The summed E-state index contributed by atoms with van der Waals surface area (Å²) in [4.78, 5) is 42.2. The fraction of sp³-hybridized carbons (Fsp3) is 0.625. The van der Waals surface area contributed by atoms with Crippen LogP contribution in [0.2, 0.25) is 0 Å². The highest BCUT2D eigenvalue weighted by atomic mass is 32.2. The summed E-state index contributed by atoms with van der Waals surface area (Å²) in [5, 5.41) is 20.5. The number of aliphatic hydroxyl groups excluding tert-OH is 1. The Hall–Kier alpha value is -2.66. The molecule has 10 nitrogen and oxygen atoms in total. The van der Waals surface area contributed by atoms with E-state index >= 15 is 0 Å². The number of aliphatic hydroxyl groups is 1. The molecule has 1 aromatic heterocycles. The molecule has 3 saturated heterocycles. The van der Waals surface area contributed by atoms with Crippen LogP contribution in [0.1, 0.15) is 39.5 Å². The summed E-state index contributed by atoms with van der Waals surface area (Å²) in [7, 11) is 0. The average molecular weight is 502 g/mol. The number of carbonyl (C=O) groups is 3. The number of amides is 2. The van der Waals surface area contributed by atoms with E-state index in [1.807, 2.05) is 31.2 Å². The minimum atomic E-state index is -0.709. The molecule has 1 aromatic carbocycles. The van der Waals surface area contributed by atoms with E-state index in [1.165, 1.54) is 0 Å². The lowest BCUT2D eigenvalue weighted by molar-refractivity contribution is -0.155. The van der Waals surface area contributed by atoms with Crippen molar-refractivity contribution >= 4 is 40.6 Å². The molecule has 3 aliphatic rings.